The number of sulfonamides is 2. The molecule has 1 heterocycles. The Labute approximate surface area is 222 Å². The number of nitrogens with one attached hydrogen (secondary N) is 1. The van der Waals surface area contributed by atoms with Gasteiger partial charge in [0.05, 0.1) is 10.5 Å². The topological polar surface area (TPSA) is 131 Å². The summed E-state index contributed by atoms with van der Waals surface area (Å²) in [5, 5.41) is 16.3. The van der Waals surface area contributed by atoms with Gasteiger partial charge in [0, 0.05) is 23.5 Å². The molecular weight excluding hydrogens is 543 g/mol. The van der Waals surface area contributed by atoms with Crippen LogP contribution in [-0.4, -0.2) is 38.2 Å². The molecular formula is C25H36F3N3O5S2. The fraction of sp³-hybridized carbons (Fsp3) is 0.600. The van der Waals surface area contributed by atoms with Gasteiger partial charge in [-0.15, -0.1) is 0 Å². The van der Waals surface area contributed by atoms with Gasteiger partial charge in [-0.05, 0) is 77.1 Å². The predicted octanol–water partition coefficient (Wildman–Crippen LogP) is 4.54. The first-order valence-corrected chi connectivity index (χ1v) is 15.4. The maximum absolute atomic E-state index is 13.4. The molecule has 8 nitrogen and oxygen atoms in total. The summed E-state index contributed by atoms with van der Waals surface area (Å²) in [6.07, 6.45) is 0.373. The van der Waals surface area contributed by atoms with Crippen molar-refractivity contribution >= 4 is 20.0 Å². The van der Waals surface area contributed by atoms with Crippen LogP contribution < -0.4 is 9.86 Å². The van der Waals surface area contributed by atoms with Crippen molar-refractivity contribution in [2.24, 2.45) is 11.1 Å². The number of nitrogens with two attached hydrogens (primary N) is 1. The van der Waals surface area contributed by atoms with E-state index >= 15 is 0 Å². The third-order valence-corrected chi connectivity index (χ3v) is 9.85. The number of primary sulfonamides is 1. The number of benzene rings is 1. The molecule has 0 aliphatic heterocycles. The third kappa shape index (κ3) is 6.44. The highest BCUT2D eigenvalue weighted by Crippen LogP contribution is 2.37. The lowest BCUT2D eigenvalue weighted by Crippen LogP contribution is -2.54. The van der Waals surface area contributed by atoms with Gasteiger partial charge in [-0.25, -0.2) is 22.0 Å². The van der Waals surface area contributed by atoms with E-state index in [1.165, 1.54) is 32.0 Å². The standard InChI is InChI=1S/C25H36F3N3O5S2/c1-16-22(37(29,33)34)14-20(31(16)15-17-9-7-6-8-10-17)18-11-12-21(19(13-18)23(2,3)32)38(35,36)30-24(4,5)25(26,27)28/h11-14,17,30,32H,6-10,15H2,1-5H3,(H2,29,33,34). The summed E-state index contributed by atoms with van der Waals surface area (Å²) in [5.41, 5.74) is -3.39. The van der Waals surface area contributed by atoms with Crippen LogP contribution in [0.4, 0.5) is 13.2 Å². The molecule has 3 rings (SSSR count). The van der Waals surface area contributed by atoms with Crippen LogP contribution in [0.25, 0.3) is 11.3 Å². The molecule has 0 amide bonds. The first-order chi connectivity index (χ1) is 17.1. The fourth-order valence-electron chi connectivity index (χ4n) is 4.86. The minimum atomic E-state index is -4.86. The molecule has 1 aromatic carbocycles. The van der Waals surface area contributed by atoms with Crippen molar-refractivity contribution in [2.75, 3.05) is 0 Å². The van der Waals surface area contributed by atoms with E-state index in [0.717, 1.165) is 38.2 Å². The molecule has 13 heteroatoms. The van der Waals surface area contributed by atoms with Gasteiger partial charge >= 0.3 is 6.18 Å². The maximum Gasteiger partial charge on any atom is 0.407 e. The van der Waals surface area contributed by atoms with Gasteiger partial charge in [-0.2, -0.15) is 17.9 Å². The summed E-state index contributed by atoms with van der Waals surface area (Å²) in [6, 6.07) is 5.30. The Morgan fingerprint density at radius 1 is 1.00 bits per heavy atom. The van der Waals surface area contributed by atoms with Crippen LogP contribution in [0.3, 0.4) is 0 Å². The number of alkyl halides is 3. The fourth-order valence-corrected chi connectivity index (χ4v) is 7.40. The van der Waals surface area contributed by atoms with Gasteiger partial charge in [-0.3, -0.25) is 0 Å². The molecule has 0 atom stereocenters. The summed E-state index contributed by atoms with van der Waals surface area (Å²) in [6.45, 7) is 6.22. The van der Waals surface area contributed by atoms with E-state index in [1.54, 1.807) is 11.6 Å². The predicted molar refractivity (Wildman–Crippen MR) is 138 cm³/mol. The number of aliphatic hydroxyl groups is 1. The van der Waals surface area contributed by atoms with Crippen LogP contribution in [0, 0.1) is 12.8 Å². The highest BCUT2D eigenvalue weighted by Gasteiger charge is 2.50. The second kappa shape index (κ2) is 10.2. The van der Waals surface area contributed by atoms with Crippen molar-refractivity contribution in [1.82, 2.24) is 9.29 Å². The van der Waals surface area contributed by atoms with Gasteiger partial charge in [-0.1, -0.05) is 25.3 Å². The molecule has 1 fully saturated rings. The molecule has 1 saturated carbocycles. The number of aromatic nitrogens is 1. The average molecular weight is 580 g/mol. The van der Waals surface area contributed by atoms with Crippen molar-refractivity contribution in [3.05, 3.63) is 35.5 Å². The van der Waals surface area contributed by atoms with E-state index in [9.17, 15) is 35.1 Å². The van der Waals surface area contributed by atoms with Crippen LogP contribution in [-0.2, 0) is 32.2 Å². The molecule has 0 saturated heterocycles. The van der Waals surface area contributed by atoms with E-state index in [1.807, 2.05) is 4.57 Å². The zero-order valence-electron chi connectivity index (χ0n) is 22.2. The molecule has 1 aromatic heterocycles. The molecule has 38 heavy (non-hydrogen) atoms. The van der Waals surface area contributed by atoms with Gasteiger partial charge in [0.1, 0.15) is 10.4 Å². The molecule has 0 unspecified atom stereocenters. The molecule has 0 radical (unpaired) electrons. The van der Waals surface area contributed by atoms with Crippen LogP contribution in [0.2, 0.25) is 0 Å². The van der Waals surface area contributed by atoms with Crippen molar-refractivity contribution < 1.29 is 35.1 Å². The van der Waals surface area contributed by atoms with Gasteiger partial charge in [0.25, 0.3) is 0 Å². The van der Waals surface area contributed by atoms with E-state index < -0.39 is 42.3 Å². The molecule has 0 spiro atoms. The lowest BCUT2D eigenvalue weighted by atomic mass is 9.89. The highest BCUT2D eigenvalue weighted by atomic mass is 32.2. The van der Waals surface area contributed by atoms with Gasteiger partial charge < -0.3 is 9.67 Å². The molecule has 1 aliphatic rings. The number of hydrogen-bond acceptors (Lipinski definition) is 5. The zero-order chi connectivity index (χ0) is 28.9. The summed E-state index contributed by atoms with van der Waals surface area (Å²) in [5.74, 6) is 0.309. The summed E-state index contributed by atoms with van der Waals surface area (Å²) >= 11 is 0. The molecule has 2 aromatic rings. The molecule has 4 N–H and O–H groups in total. The van der Waals surface area contributed by atoms with E-state index in [0.29, 0.717) is 43.3 Å². The van der Waals surface area contributed by atoms with Crippen LogP contribution in [0.15, 0.2) is 34.1 Å². The van der Waals surface area contributed by atoms with Crippen LogP contribution in [0.1, 0.15) is 71.1 Å². The maximum atomic E-state index is 13.4. The number of hydrogen-bond donors (Lipinski definition) is 3. The second-order valence-electron chi connectivity index (χ2n) is 11.1. The van der Waals surface area contributed by atoms with E-state index in [2.05, 4.69) is 0 Å². The largest absolute Gasteiger partial charge is 0.407 e. The first-order valence-electron chi connectivity index (χ1n) is 12.4. The third-order valence-electron chi connectivity index (χ3n) is 7.11. The lowest BCUT2D eigenvalue weighted by molar-refractivity contribution is -0.180. The van der Waals surface area contributed by atoms with E-state index in [-0.39, 0.29) is 10.5 Å². The summed E-state index contributed by atoms with van der Waals surface area (Å²) < 4.78 is 94.7. The molecule has 0 bridgehead atoms. The second-order valence-corrected chi connectivity index (χ2v) is 14.3. The van der Waals surface area contributed by atoms with Gasteiger partial charge in [0.2, 0.25) is 20.0 Å². The number of rotatable bonds is 8. The van der Waals surface area contributed by atoms with Crippen molar-refractivity contribution in [1.29, 1.82) is 0 Å². The molecule has 1 aliphatic carbocycles. The van der Waals surface area contributed by atoms with Crippen molar-refractivity contribution in [3.63, 3.8) is 0 Å². The van der Waals surface area contributed by atoms with Crippen molar-refractivity contribution in [3.8, 4) is 11.3 Å². The minimum Gasteiger partial charge on any atom is -0.386 e. The van der Waals surface area contributed by atoms with E-state index in [4.69, 9.17) is 5.14 Å². The SMILES string of the molecule is Cc1c(S(N)(=O)=O)cc(-c2ccc(S(=O)(=O)NC(C)(C)C(F)(F)F)c(C(C)(C)O)c2)n1CC1CCCCC1. The first kappa shape index (κ1) is 30.6. The smallest absolute Gasteiger partial charge is 0.386 e. The number of nitrogens with zero attached hydrogens (tertiary/aromatic N) is 1. The average Bonchev–Trinajstić information content (AvgIpc) is 3.08. The summed E-state index contributed by atoms with van der Waals surface area (Å²) in [4.78, 5) is -0.585. The van der Waals surface area contributed by atoms with Crippen molar-refractivity contribution in [2.45, 2.75) is 100 Å². The zero-order valence-corrected chi connectivity index (χ0v) is 23.8. The Hall–Kier alpha value is -1.93. The Balaban J connectivity index is 2.19. The Kier molecular flexibility index (Phi) is 8.24. The number of halogens is 3. The lowest BCUT2D eigenvalue weighted by Gasteiger charge is -2.30. The summed E-state index contributed by atoms with van der Waals surface area (Å²) in [7, 11) is -8.80. The Morgan fingerprint density at radius 2 is 1.58 bits per heavy atom. The Bertz CT molecular complexity index is 1400. The minimum absolute atomic E-state index is 0.0709. The highest BCUT2D eigenvalue weighted by molar-refractivity contribution is 7.89. The Morgan fingerprint density at radius 3 is 2.08 bits per heavy atom. The quantitative estimate of drug-likeness (QED) is 0.423. The molecule has 214 valence electrons. The van der Waals surface area contributed by atoms with Crippen LogP contribution in [0.5, 0.6) is 0 Å². The van der Waals surface area contributed by atoms with Crippen LogP contribution >= 0.6 is 0 Å². The normalized spacial score (nSPS) is 16.7. The monoisotopic (exact) mass is 579 g/mol. The van der Waals surface area contributed by atoms with Gasteiger partial charge in [0.15, 0.2) is 0 Å².